The zero-order valence-electron chi connectivity index (χ0n) is 18.0. The predicted molar refractivity (Wildman–Crippen MR) is 120 cm³/mol. The molecule has 1 aromatic rings. The number of carbonyl (C=O) groups excluding carboxylic acids is 1. The Bertz CT molecular complexity index is 301. The first-order chi connectivity index (χ1) is 13.3. The van der Waals surface area contributed by atoms with Crippen molar-refractivity contribution in [2.24, 2.45) is 5.73 Å². The van der Waals surface area contributed by atoms with Crippen LogP contribution in [0.3, 0.4) is 0 Å². The number of nitrogens with two attached hydrogens (primary N) is 1. The van der Waals surface area contributed by atoms with Gasteiger partial charge in [-0.1, -0.05) is 108 Å². The summed E-state index contributed by atoms with van der Waals surface area (Å²) in [7, 11) is 0. The average molecular weight is 400 g/mol. The molecule has 2 N–H and O–H groups in total. The maximum atomic E-state index is 8.81. The first kappa shape index (κ1) is 28.4. The number of aldehydes is 1. The third kappa shape index (κ3) is 33.2. The molecule has 160 valence electrons. The topological polar surface area (TPSA) is 68.9 Å². The quantitative estimate of drug-likeness (QED) is 0.241. The number of rotatable bonds is 16. The van der Waals surface area contributed by atoms with Crippen LogP contribution in [0.15, 0.2) is 11.6 Å². The van der Waals surface area contributed by atoms with Gasteiger partial charge >= 0.3 is 0 Å². The fourth-order valence-electron chi connectivity index (χ4n) is 2.83. The van der Waals surface area contributed by atoms with Crippen LogP contribution in [-0.4, -0.2) is 22.4 Å². The molecular formula is C22H45N3OS. The molecule has 27 heavy (non-hydrogen) atoms. The van der Waals surface area contributed by atoms with E-state index in [9.17, 15) is 0 Å². The molecule has 0 radical (unpaired) electrons. The lowest BCUT2D eigenvalue weighted by Gasteiger charge is -2.03. The van der Waals surface area contributed by atoms with Crippen molar-refractivity contribution in [1.29, 1.82) is 0 Å². The van der Waals surface area contributed by atoms with Crippen molar-refractivity contribution in [2.75, 3.05) is 6.54 Å². The number of hydrogen-bond acceptors (Lipinski definition) is 5. The molecule has 1 aromatic heterocycles. The molecule has 0 atom stereocenters. The molecule has 0 aromatic carbocycles. The van der Waals surface area contributed by atoms with E-state index >= 15 is 0 Å². The van der Waals surface area contributed by atoms with Gasteiger partial charge in [0.05, 0.1) is 6.20 Å². The van der Waals surface area contributed by atoms with Crippen LogP contribution in [0.25, 0.3) is 0 Å². The smallest absolute Gasteiger partial charge is 0.116 e. The Labute approximate surface area is 172 Å². The second kappa shape index (κ2) is 29.9. The van der Waals surface area contributed by atoms with Crippen molar-refractivity contribution >= 4 is 17.8 Å². The zero-order valence-corrected chi connectivity index (χ0v) is 18.9. The minimum Gasteiger partial charge on any atom is -0.330 e. The Morgan fingerprint density at radius 2 is 1.15 bits per heavy atom. The largest absolute Gasteiger partial charge is 0.330 e. The normalized spacial score (nSPS) is 9.74. The molecule has 0 unspecified atom stereocenters. The van der Waals surface area contributed by atoms with E-state index < -0.39 is 0 Å². The third-order valence-electron chi connectivity index (χ3n) is 4.34. The Kier molecular flexibility index (Phi) is 31.5. The van der Waals surface area contributed by atoms with Gasteiger partial charge in [-0.25, -0.2) is 0 Å². The SMILES string of the molecule is CC=O.CCCCCCCCCCCCCCCCCCN.c1csnn1. The van der Waals surface area contributed by atoms with Crippen molar-refractivity contribution in [2.45, 2.75) is 117 Å². The number of unbranched alkanes of at least 4 members (excludes halogenated alkanes) is 15. The Balaban J connectivity index is 0. The van der Waals surface area contributed by atoms with Crippen LogP contribution in [0, 0.1) is 0 Å². The minimum atomic E-state index is 0.750. The standard InChI is InChI=1S/C18H39N.C2H2N2S.C2H4O/c1-2-3-4-5-6-7-8-9-10-11-12-13-14-15-16-17-18-19;1-2-5-4-3-1;1-2-3/h2-19H2,1H3;1-2H;2H,1H3. The number of nitrogens with zero attached hydrogens (tertiary/aromatic N) is 2. The maximum absolute atomic E-state index is 8.81. The van der Waals surface area contributed by atoms with Crippen LogP contribution in [0.4, 0.5) is 0 Å². The van der Waals surface area contributed by atoms with Crippen molar-refractivity contribution in [3.63, 3.8) is 0 Å². The molecule has 0 saturated heterocycles. The van der Waals surface area contributed by atoms with E-state index in [4.69, 9.17) is 10.5 Å². The average Bonchev–Trinajstić information content (AvgIpc) is 3.26. The molecule has 0 fully saturated rings. The van der Waals surface area contributed by atoms with Gasteiger partial charge in [-0.05, 0) is 31.4 Å². The summed E-state index contributed by atoms with van der Waals surface area (Å²) in [6.45, 7) is 4.61. The van der Waals surface area contributed by atoms with Gasteiger partial charge < -0.3 is 10.5 Å². The second-order valence-electron chi connectivity index (χ2n) is 6.92. The highest BCUT2D eigenvalue weighted by atomic mass is 32.1. The second-order valence-corrected chi connectivity index (χ2v) is 7.56. The predicted octanol–water partition coefficient (Wildman–Crippen LogP) is 6.95. The molecule has 0 spiro atoms. The van der Waals surface area contributed by atoms with Gasteiger partial charge in [-0.2, -0.15) is 0 Å². The summed E-state index contributed by atoms with van der Waals surface area (Å²) in [5.74, 6) is 0. The van der Waals surface area contributed by atoms with Crippen LogP contribution in [0.1, 0.15) is 117 Å². The zero-order chi connectivity index (χ0) is 20.3. The molecule has 0 bridgehead atoms. The van der Waals surface area contributed by atoms with Gasteiger partial charge in [0.1, 0.15) is 6.29 Å². The lowest BCUT2D eigenvalue weighted by Crippen LogP contribution is -1.97. The molecule has 0 aliphatic heterocycles. The molecule has 0 amide bonds. The molecule has 0 aliphatic carbocycles. The molecule has 0 aliphatic rings. The van der Waals surface area contributed by atoms with Gasteiger partial charge in [0.25, 0.3) is 0 Å². The van der Waals surface area contributed by atoms with Crippen LogP contribution >= 0.6 is 11.5 Å². The van der Waals surface area contributed by atoms with Crippen molar-refractivity contribution < 1.29 is 4.79 Å². The van der Waals surface area contributed by atoms with Crippen molar-refractivity contribution in [3.05, 3.63) is 11.6 Å². The molecule has 1 rings (SSSR count). The highest BCUT2D eigenvalue weighted by molar-refractivity contribution is 7.03. The van der Waals surface area contributed by atoms with E-state index in [1.54, 1.807) is 6.20 Å². The Morgan fingerprint density at radius 3 is 1.37 bits per heavy atom. The summed E-state index contributed by atoms with van der Waals surface area (Å²) >= 11 is 1.35. The lowest BCUT2D eigenvalue weighted by molar-refractivity contribution is -0.106. The number of aromatic nitrogens is 2. The Hall–Kier alpha value is -0.810. The summed E-state index contributed by atoms with van der Waals surface area (Å²) in [5, 5.41) is 5.31. The highest BCUT2D eigenvalue weighted by Gasteiger charge is 1.94. The molecule has 4 nitrogen and oxygen atoms in total. The van der Waals surface area contributed by atoms with Crippen molar-refractivity contribution in [1.82, 2.24) is 9.59 Å². The van der Waals surface area contributed by atoms with Crippen molar-refractivity contribution in [3.8, 4) is 0 Å². The molecule has 5 heteroatoms. The summed E-state index contributed by atoms with van der Waals surface area (Å²) in [6, 6.07) is 0. The fraction of sp³-hybridized carbons (Fsp3) is 0.864. The minimum absolute atomic E-state index is 0.750. The van der Waals surface area contributed by atoms with E-state index in [1.807, 2.05) is 5.38 Å². The summed E-state index contributed by atoms with van der Waals surface area (Å²) in [5.41, 5.74) is 5.48. The monoisotopic (exact) mass is 399 g/mol. The van der Waals surface area contributed by atoms with E-state index in [1.165, 1.54) is 121 Å². The van der Waals surface area contributed by atoms with Gasteiger partial charge in [0, 0.05) is 5.38 Å². The van der Waals surface area contributed by atoms with E-state index in [0.717, 1.165) is 12.8 Å². The highest BCUT2D eigenvalue weighted by Crippen LogP contribution is 2.13. The summed E-state index contributed by atoms with van der Waals surface area (Å²) in [4.78, 5) is 8.81. The van der Waals surface area contributed by atoms with E-state index in [-0.39, 0.29) is 0 Å². The fourth-order valence-corrected chi connectivity index (χ4v) is 3.10. The van der Waals surface area contributed by atoms with E-state index in [2.05, 4.69) is 16.5 Å². The summed E-state index contributed by atoms with van der Waals surface area (Å²) < 4.78 is 3.51. The van der Waals surface area contributed by atoms with Crippen LogP contribution in [-0.2, 0) is 4.79 Å². The maximum Gasteiger partial charge on any atom is 0.116 e. The van der Waals surface area contributed by atoms with Gasteiger partial charge in [0.15, 0.2) is 0 Å². The first-order valence-corrected chi connectivity index (χ1v) is 12.0. The van der Waals surface area contributed by atoms with Crippen LogP contribution < -0.4 is 5.73 Å². The first-order valence-electron chi connectivity index (χ1n) is 11.1. The summed E-state index contributed by atoms with van der Waals surface area (Å²) in [6.07, 6.45) is 25.3. The van der Waals surface area contributed by atoms with Gasteiger partial charge in [-0.15, -0.1) is 5.10 Å². The Morgan fingerprint density at radius 1 is 0.778 bits per heavy atom. The lowest BCUT2D eigenvalue weighted by atomic mass is 10.0. The number of carbonyl (C=O) groups is 1. The molecule has 0 saturated carbocycles. The van der Waals surface area contributed by atoms with Gasteiger partial charge in [0.2, 0.25) is 0 Å². The van der Waals surface area contributed by atoms with Crippen LogP contribution in [0.5, 0.6) is 0 Å². The molecule has 1 heterocycles. The molecular weight excluding hydrogens is 354 g/mol. The number of hydrogen-bond donors (Lipinski definition) is 1. The third-order valence-corrected chi connectivity index (χ3v) is 4.77. The van der Waals surface area contributed by atoms with Gasteiger partial charge in [-0.3, -0.25) is 0 Å². The van der Waals surface area contributed by atoms with E-state index in [0.29, 0.717) is 0 Å². The van der Waals surface area contributed by atoms with Crippen LogP contribution in [0.2, 0.25) is 0 Å².